The van der Waals surface area contributed by atoms with Gasteiger partial charge in [0.1, 0.15) is 23.8 Å². The first-order valence-corrected chi connectivity index (χ1v) is 11.5. The number of ether oxygens (including phenoxy) is 1. The van der Waals surface area contributed by atoms with Crippen LogP contribution in [0.3, 0.4) is 0 Å². The molecule has 2 aromatic carbocycles. The molecule has 2 aromatic rings. The lowest BCUT2D eigenvalue weighted by Crippen LogP contribution is -2.41. The Morgan fingerprint density at radius 1 is 1.21 bits per heavy atom. The van der Waals surface area contributed by atoms with E-state index in [-0.39, 0.29) is 36.5 Å². The number of alkyl halides is 3. The SMILES string of the molecule is C=CCC(CC)CC[C@H](NC(=O)c1ccc2ccccc2c1OCC1(C(F)(F)F)CC1)C(=O)O. The molecule has 0 spiro atoms. The van der Waals surface area contributed by atoms with Crippen molar-refractivity contribution in [1.82, 2.24) is 5.32 Å². The quantitative estimate of drug-likeness (QED) is 0.361. The Morgan fingerprint density at radius 2 is 1.91 bits per heavy atom. The second kappa shape index (κ2) is 10.5. The number of fused-ring (bicyclic) bond motifs is 1. The lowest BCUT2D eigenvalue weighted by atomic mass is 9.94. The van der Waals surface area contributed by atoms with Crippen LogP contribution in [0.2, 0.25) is 0 Å². The number of allylic oxidation sites excluding steroid dienone is 1. The van der Waals surface area contributed by atoms with Gasteiger partial charge in [-0.25, -0.2) is 4.79 Å². The minimum absolute atomic E-state index is 0.0149. The Kier molecular flexibility index (Phi) is 7.89. The van der Waals surface area contributed by atoms with Crippen LogP contribution in [0.25, 0.3) is 10.8 Å². The fourth-order valence-electron chi connectivity index (χ4n) is 4.07. The van der Waals surface area contributed by atoms with Crippen LogP contribution in [0.5, 0.6) is 5.75 Å². The Bertz CT molecular complexity index is 1050. The molecule has 184 valence electrons. The van der Waals surface area contributed by atoms with Gasteiger partial charge in [0.05, 0.1) is 5.56 Å². The van der Waals surface area contributed by atoms with Crippen molar-refractivity contribution < 1.29 is 32.6 Å². The first-order chi connectivity index (χ1) is 16.1. The van der Waals surface area contributed by atoms with Crippen molar-refractivity contribution in [2.24, 2.45) is 11.3 Å². The zero-order valence-corrected chi connectivity index (χ0v) is 19.2. The third kappa shape index (κ3) is 5.72. The highest BCUT2D eigenvalue weighted by atomic mass is 19.4. The molecule has 3 rings (SSSR count). The van der Waals surface area contributed by atoms with Gasteiger partial charge in [0.25, 0.3) is 5.91 Å². The molecule has 1 fully saturated rings. The van der Waals surface area contributed by atoms with E-state index in [9.17, 15) is 27.9 Å². The van der Waals surface area contributed by atoms with Crippen molar-refractivity contribution >= 4 is 22.6 Å². The van der Waals surface area contributed by atoms with Crippen LogP contribution in [-0.4, -0.2) is 35.8 Å². The highest BCUT2D eigenvalue weighted by molar-refractivity contribution is 6.04. The van der Waals surface area contributed by atoms with Gasteiger partial charge in [0.2, 0.25) is 0 Å². The Hall–Kier alpha value is -3.03. The summed E-state index contributed by atoms with van der Waals surface area (Å²) in [6, 6.07) is 8.92. The molecule has 5 nitrogen and oxygen atoms in total. The first-order valence-electron chi connectivity index (χ1n) is 11.5. The third-order valence-electron chi connectivity index (χ3n) is 6.62. The minimum Gasteiger partial charge on any atom is -0.491 e. The van der Waals surface area contributed by atoms with Gasteiger partial charge in [0, 0.05) is 5.39 Å². The average Bonchev–Trinajstić information content (AvgIpc) is 3.60. The van der Waals surface area contributed by atoms with Crippen molar-refractivity contribution in [3.8, 4) is 5.75 Å². The molecule has 1 aliphatic rings. The van der Waals surface area contributed by atoms with Gasteiger partial charge in [-0.2, -0.15) is 13.2 Å². The molecule has 0 aromatic heterocycles. The molecule has 2 N–H and O–H groups in total. The summed E-state index contributed by atoms with van der Waals surface area (Å²) in [6.45, 7) is 5.14. The molecule has 1 saturated carbocycles. The smallest absolute Gasteiger partial charge is 0.397 e. The van der Waals surface area contributed by atoms with Crippen LogP contribution in [0.15, 0.2) is 49.1 Å². The van der Waals surface area contributed by atoms with E-state index in [1.54, 1.807) is 36.4 Å². The van der Waals surface area contributed by atoms with Crippen molar-refractivity contribution in [1.29, 1.82) is 0 Å². The Labute approximate surface area is 197 Å². The standard InChI is InChI=1S/C26H30F3NO4/c1-3-7-17(4-2)10-13-21(24(32)33)30-23(31)20-12-11-18-8-5-6-9-19(18)22(20)34-16-25(14-15-25)26(27,28)29/h3,5-6,8-9,11-12,17,21H,1,4,7,10,13-16H2,2H3,(H,30,31)(H,32,33)/t17?,21-/m0/s1. The van der Waals surface area contributed by atoms with Crippen LogP contribution in [0.1, 0.15) is 55.8 Å². The van der Waals surface area contributed by atoms with Gasteiger partial charge in [-0.15, -0.1) is 6.58 Å². The molecule has 0 heterocycles. The maximum Gasteiger partial charge on any atom is 0.397 e. The van der Waals surface area contributed by atoms with Gasteiger partial charge in [-0.1, -0.05) is 49.8 Å². The van der Waals surface area contributed by atoms with Crippen molar-refractivity contribution in [2.45, 2.75) is 57.7 Å². The van der Waals surface area contributed by atoms with E-state index in [0.717, 1.165) is 12.8 Å². The van der Waals surface area contributed by atoms with E-state index in [0.29, 0.717) is 17.2 Å². The fraction of sp³-hybridized carbons (Fsp3) is 0.462. The van der Waals surface area contributed by atoms with E-state index in [4.69, 9.17) is 4.74 Å². The van der Waals surface area contributed by atoms with Crippen LogP contribution < -0.4 is 10.1 Å². The zero-order valence-electron chi connectivity index (χ0n) is 19.2. The topological polar surface area (TPSA) is 75.6 Å². The summed E-state index contributed by atoms with van der Waals surface area (Å²) in [5, 5.41) is 13.4. The number of carbonyl (C=O) groups is 2. The maximum atomic E-state index is 13.4. The summed E-state index contributed by atoms with van der Waals surface area (Å²) in [7, 11) is 0. The molecule has 0 radical (unpaired) electrons. The summed E-state index contributed by atoms with van der Waals surface area (Å²) < 4.78 is 46.0. The summed E-state index contributed by atoms with van der Waals surface area (Å²) >= 11 is 0. The van der Waals surface area contributed by atoms with Crippen LogP contribution in [0, 0.1) is 11.3 Å². The van der Waals surface area contributed by atoms with Gasteiger partial charge >= 0.3 is 12.1 Å². The fourth-order valence-corrected chi connectivity index (χ4v) is 4.07. The van der Waals surface area contributed by atoms with Crippen LogP contribution >= 0.6 is 0 Å². The van der Waals surface area contributed by atoms with Gasteiger partial charge in [-0.05, 0) is 49.5 Å². The normalized spacial score (nSPS) is 16.5. The number of benzene rings is 2. The predicted molar refractivity (Wildman–Crippen MR) is 124 cm³/mol. The predicted octanol–water partition coefficient (Wildman–Crippen LogP) is 6.13. The first kappa shape index (κ1) is 25.6. The van der Waals surface area contributed by atoms with E-state index in [1.165, 1.54) is 6.07 Å². The molecule has 2 atom stereocenters. The molecule has 0 aliphatic heterocycles. The van der Waals surface area contributed by atoms with Crippen molar-refractivity contribution in [3.05, 3.63) is 54.6 Å². The third-order valence-corrected chi connectivity index (χ3v) is 6.62. The molecule has 34 heavy (non-hydrogen) atoms. The number of nitrogens with one attached hydrogen (secondary N) is 1. The second-order valence-electron chi connectivity index (χ2n) is 8.97. The maximum absolute atomic E-state index is 13.4. The molecular formula is C26H30F3NO4. The van der Waals surface area contributed by atoms with E-state index in [2.05, 4.69) is 11.9 Å². The number of rotatable bonds is 12. The molecule has 8 heteroatoms. The van der Waals surface area contributed by atoms with E-state index >= 15 is 0 Å². The zero-order chi connectivity index (χ0) is 24.9. The highest BCUT2D eigenvalue weighted by Gasteiger charge is 2.64. The van der Waals surface area contributed by atoms with Crippen molar-refractivity contribution in [3.63, 3.8) is 0 Å². The molecule has 1 unspecified atom stereocenters. The molecule has 1 amide bonds. The van der Waals surface area contributed by atoms with E-state index in [1.807, 2.05) is 6.92 Å². The highest BCUT2D eigenvalue weighted by Crippen LogP contribution is 2.57. The number of amides is 1. The summed E-state index contributed by atoms with van der Waals surface area (Å²) in [5.41, 5.74) is -1.89. The number of aliphatic carboxylic acids is 1. The second-order valence-corrected chi connectivity index (χ2v) is 8.97. The Morgan fingerprint density at radius 3 is 2.50 bits per heavy atom. The largest absolute Gasteiger partial charge is 0.491 e. The van der Waals surface area contributed by atoms with Crippen LogP contribution in [-0.2, 0) is 4.79 Å². The number of carbonyl (C=O) groups excluding carboxylic acids is 1. The summed E-state index contributed by atoms with van der Waals surface area (Å²) in [5.74, 6) is -1.57. The molecule has 1 aliphatic carbocycles. The van der Waals surface area contributed by atoms with Crippen molar-refractivity contribution in [2.75, 3.05) is 6.61 Å². The van der Waals surface area contributed by atoms with Gasteiger partial charge < -0.3 is 15.2 Å². The average molecular weight is 478 g/mol. The lowest BCUT2D eigenvalue weighted by Gasteiger charge is -2.22. The number of hydrogen-bond donors (Lipinski definition) is 2. The number of carboxylic acids is 1. The Balaban J connectivity index is 1.84. The lowest BCUT2D eigenvalue weighted by molar-refractivity contribution is -0.194. The number of halogens is 3. The number of hydrogen-bond acceptors (Lipinski definition) is 3. The monoisotopic (exact) mass is 477 g/mol. The molecule has 0 saturated heterocycles. The molecular weight excluding hydrogens is 447 g/mol. The number of carboxylic acid groups (broad SMARTS) is 1. The summed E-state index contributed by atoms with van der Waals surface area (Å²) in [6.07, 6.45) is -0.218. The minimum atomic E-state index is -4.39. The van der Waals surface area contributed by atoms with E-state index < -0.39 is 36.1 Å². The molecule has 0 bridgehead atoms. The summed E-state index contributed by atoms with van der Waals surface area (Å²) in [4.78, 5) is 24.9. The van der Waals surface area contributed by atoms with Gasteiger partial charge in [-0.3, -0.25) is 4.79 Å². The van der Waals surface area contributed by atoms with Crippen LogP contribution in [0.4, 0.5) is 13.2 Å². The van der Waals surface area contributed by atoms with Gasteiger partial charge in [0.15, 0.2) is 0 Å².